The summed E-state index contributed by atoms with van der Waals surface area (Å²) in [7, 11) is 1.49. The van der Waals surface area contributed by atoms with E-state index in [2.05, 4.69) is 15.7 Å². The maximum Gasteiger partial charge on any atom is 0.410 e. The number of ether oxygens (including phenoxy) is 1. The number of nitro groups is 1. The van der Waals surface area contributed by atoms with Gasteiger partial charge < -0.3 is 15.4 Å². The number of nitrogens with one attached hydrogen (secondary N) is 2. The third kappa shape index (κ3) is 4.62. The van der Waals surface area contributed by atoms with Crippen LogP contribution in [0.5, 0.6) is 5.75 Å². The lowest BCUT2D eigenvalue weighted by molar-refractivity contribution is -0.384. The Labute approximate surface area is 195 Å². The van der Waals surface area contributed by atoms with Crippen molar-refractivity contribution in [3.05, 3.63) is 74.9 Å². The number of halogens is 4. The summed E-state index contributed by atoms with van der Waals surface area (Å²) in [6, 6.07) is 8.63. The van der Waals surface area contributed by atoms with Crippen molar-refractivity contribution >= 4 is 34.7 Å². The molecule has 2 aromatic carbocycles. The van der Waals surface area contributed by atoms with Crippen molar-refractivity contribution in [1.82, 2.24) is 9.78 Å². The van der Waals surface area contributed by atoms with Gasteiger partial charge in [0.15, 0.2) is 11.7 Å². The van der Waals surface area contributed by atoms with E-state index in [9.17, 15) is 28.1 Å². The van der Waals surface area contributed by atoms with Crippen LogP contribution in [0.15, 0.2) is 48.5 Å². The van der Waals surface area contributed by atoms with E-state index in [1.54, 1.807) is 24.3 Å². The van der Waals surface area contributed by atoms with Crippen molar-refractivity contribution in [2.24, 2.45) is 0 Å². The number of carbonyl (C=O) groups excluding carboxylic acids is 1. The average molecular weight is 496 g/mol. The summed E-state index contributed by atoms with van der Waals surface area (Å²) in [6.07, 6.45) is -4.94. The number of methoxy groups -OCH3 is 1. The molecule has 0 radical (unpaired) electrons. The molecule has 2 N–H and O–H groups in total. The van der Waals surface area contributed by atoms with Gasteiger partial charge >= 0.3 is 6.18 Å². The van der Waals surface area contributed by atoms with Gasteiger partial charge in [-0.3, -0.25) is 14.9 Å². The monoisotopic (exact) mass is 495 g/mol. The number of hydrogen-bond donors (Lipinski definition) is 2. The maximum atomic E-state index is 13.9. The van der Waals surface area contributed by atoms with Crippen LogP contribution in [0.3, 0.4) is 0 Å². The molecule has 2 atom stereocenters. The fourth-order valence-electron chi connectivity index (χ4n) is 3.64. The van der Waals surface area contributed by atoms with Gasteiger partial charge in [0.05, 0.1) is 28.8 Å². The maximum absolute atomic E-state index is 13.9. The van der Waals surface area contributed by atoms with Crippen molar-refractivity contribution in [3.63, 3.8) is 0 Å². The van der Waals surface area contributed by atoms with Gasteiger partial charge in [-0.1, -0.05) is 23.7 Å². The topological polar surface area (TPSA) is 111 Å². The van der Waals surface area contributed by atoms with Crippen LogP contribution in [0.1, 0.15) is 34.6 Å². The Bertz CT molecular complexity index is 1250. The lowest BCUT2D eigenvalue weighted by Crippen LogP contribution is -2.35. The van der Waals surface area contributed by atoms with E-state index < -0.39 is 29.1 Å². The largest absolute Gasteiger partial charge is 0.497 e. The van der Waals surface area contributed by atoms with Crippen LogP contribution in [0.4, 0.5) is 30.4 Å². The first-order valence-electron chi connectivity index (χ1n) is 9.89. The normalized spacial score (nSPS) is 17.4. The zero-order valence-corrected chi connectivity index (χ0v) is 18.2. The van der Waals surface area contributed by atoms with Crippen LogP contribution in [0, 0.1) is 10.1 Å². The summed E-state index contributed by atoms with van der Waals surface area (Å²) in [5.74, 6) is -0.225. The SMILES string of the molecule is COc1ccc([C@H]2C[C@H](C(F)(F)F)n3nc(C(=O)Nc4ccc([N+](=O)[O-])cc4Cl)cc3N2)cc1. The zero-order chi connectivity index (χ0) is 24.6. The van der Waals surface area contributed by atoms with Gasteiger partial charge in [-0.25, -0.2) is 4.68 Å². The van der Waals surface area contributed by atoms with Crippen molar-refractivity contribution in [1.29, 1.82) is 0 Å². The number of aromatic nitrogens is 2. The standard InChI is InChI=1S/C21H17ClF3N5O4/c1-34-13-5-2-11(3-6-13)16-9-18(21(23,24)25)29-19(26-16)10-17(28-29)20(31)27-15-7-4-12(30(32)33)8-14(15)22/h2-8,10,16,18,26H,9H2,1H3,(H,27,31)/t16-,18-/m1/s1. The molecule has 13 heteroatoms. The van der Waals surface area contributed by atoms with E-state index in [1.165, 1.54) is 19.2 Å². The van der Waals surface area contributed by atoms with Gasteiger partial charge in [0.1, 0.15) is 11.6 Å². The zero-order valence-electron chi connectivity index (χ0n) is 17.5. The van der Waals surface area contributed by atoms with Crippen molar-refractivity contribution in [2.75, 3.05) is 17.7 Å². The molecule has 1 aliphatic rings. The molecule has 2 heterocycles. The second-order valence-electron chi connectivity index (χ2n) is 7.50. The Kier molecular flexibility index (Phi) is 6.09. The Hall–Kier alpha value is -3.80. The molecule has 0 bridgehead atoms. The number of benzene rings is 2. The summed E-state index contributed by atoms with van der Waals surface area (Å²) in [6.45, 7) is 0. The van der Waals surface area contributed by atoms with E-state index in [1.807, 2.05) is 0 Å². The molecule has 1 amide bonds. The number of rotatable bonds is 5. The predicted octanol–water partition coefficient (Wildman–Crippen LogP) is 5.37. The first kappa shape index (κ1) is 23.4. The first-order valence-corrected chi connectivity index (χ1v) is 10.3. The highest BCUT2D eigenvalue weighted by atomic mass is 35.5. The summed E-state index contributed by atoms with van der Waals surface area (Å²) in [5.41, 5.74) is 0.120. The molecule has 0 fully saturated rings. The number of fused-ring (bicyclic) bond motifs is 1. The van der Waals surface area contributed by atoms with Gasteiger partial charge in [0.2, 0.25) is 0 Å². The van der Waals surface area contributed by atoms with Crippen molar-refractivity contribution in [3.8, 4) is 5.75 Å². The van der Waals surface area contributed by atoms with Gasteiger partial charge in [-0.15, -0.1) is 0 Å². The van der Waals surface area contributed by atoms with Crippen LogP contribution >= 0.6 is 11.6 Å². The first-order chi connectivity index (χ1) is 16.1. The van der Waals surface area contributed by atoms with E-state index in [4.69, 9.17) is 16.3 Å². The number of anilines is 2. The van der Waals surface area contributed by atoms with Crippen LogP contribution in [-0.2, 0) is 0 Å². The lowest BCUT2D eigenvalue weighted by Gasteiger charge is -2.33. The molecule has 0 aliphatic carbocycles. The molecule has 3 aromatic rings. The molecule has 9 nitrogen and oxygen atoms in total. The molecule has 0 saturated carbocycles. The van der Waals surface area contributed by atoms with E-state index in [0.29, 0.717) is 11.3 Å². The fraction of sp³-hybridized carbons (Fsp3) is 0.238. The molecule has 1 aliphatic heterocycles. The van der Waals surface area contributed by atoms with Crippen LogP contribution < -0.4 is 15.4 Å². The minimum atomic E-state index is -4.61. The van der Waals surface area contributed by atoms with E-state index in [0.717, 1.165) is 16.8 Å². The Morgan fingerprint density at radius 3 is 2.56 bits per heavy atom. The molecule has 34 heavy (non-hydrogen) atoms. The quantitative estimate of drug-likeness (QED) is 0.364. The highest BCUT2D eigenvalue weighted by Crippen LogP contribution is 2.44. The molecule has 0 saturated heterocycles. The molecule has 0 unspecified atom stereocenters. The van der Waals surface area contributed by atoms with Crippen molar-refractivity contribution < 1.29 is 27.6 Å². The lowest BCUT2D eigenvalue weighted by atomic mass is 9.97. The molecular formula is C21H17ClF3N5O4. The Morgan fingerprint density at radius 1 is 1.26 bits per heavy atom. The van der Waals surface area contributed by atoms with Gasteiger partial charge in [0.25, 0.3) is 11.6 Å². The van der Waals surface area contributed by atoms with Gasteiger partial charge in [-0.2, -0.15) is 18.3 Å². The summed E-state index contributed by atoms with van der Waals surface area (Å²) >= 11 is 5.98. The second-order valence-corrected chi connectivity index (χ2v) is 7.91. The minimum absolute atomic E-state index is 0.0225. The number of nitrogens with zero attached hydrogens (tertiary/aromatic N) is 3. The van der Waals surface area contributed by atoms with Crippen molar-refractivity contribution in [2.45, 2.75) is 24.7 Å². The highest BCUT2D eigenvalue weighted by Gasteiger charge is 2.46. The Morgan fingerprint density at radius 2 is 1.97 bits per heavy atom. The van der Waals surface area contributed by atoms with Gasteiger partial charge in [-0.05, 0) is 23.8 Å². The summed E-state index contributed by atoms with van der Waals surface area (Å²) in [4.78, 5) is 22.9. The van der Waals surface area contributed by atoms with E-state index in [-0.39, 0.29) is 34.3 Å². The number of hydrogen-bond acceptors (Lipinski definition) is 6. The molecule has 178 valence electrons. The summed E-state index contributed by atoms with van der Waals surface area (Å²) in [5, 5.41) is 20.0. The molecule has 1 aromatic heterocycles. The third-order valence-corrected chi connectivity index (χ3v) is 5.67. The van der Waals surface area contributed by atoms with Crippen LogP contribution in [-0.4, -0.2) is 33.9 Å². The molecule has 0 spiro atoms. The second kappa shape index (κ2) is 8.86. The number of alkyl halides is 3. The number of nitro benzene ring substituents is 1. The Balaban J connectivity index is 1.61. The van der Waals surface area contributed by atoms with Crippen LogP contribution in [0.2, 0.25) is 5.02 Å². The predicted molar refractivity (Wildman–Crippen MR) is 117 cm³/mol. The summed E-state index contributed by atoms with van der Waals surface area (Å²) < 4.78 is 47.4. The molecular weight excluding hydrogens is 479 g/mol. The van der Waals surface area contributed by atoms with E-state index >= 15 is 0 Å². The number of amides is 1. The van der Waals surface area contributed by atoms with Gasteiger partial charge in [0, 0.05) is 24.6 Å². The minimum Gasteiger partial charge on any atom is -0.497 e. The average Bonchev–Trinajstić information content (AvgIpc) is 3.23. The fourth-order valence-corrected chi connectivity index (χ4v) is 3.87. The van der Waals surface area contributed by atoms with Crippen LogP contribution in [0.25, 0.3) is 0 Å². The third-order valence-electron chi connectivity index (χ3n) is 5.35. The highest BCUT2D eigenvalue weighted by molar-refractivity contribution is 6.34. The number of non-ortho nitro benzene ring substituents is 1. The molecule has 4 rings (SSSR count). The smallest absolute Gasteiger partial charge is 0.410 e. The number of carbonyl (C=O) groups is 1.